The summed E-state index contributed by atoms with van der Waals surface area (Å²) >= 11 is 2.01. The van der Waals surface area contributed by atoms with E-state index < -0.39 is 0 Å². The summed E-state index contributed by atoms with van der Waals surface area (Å²) < 4.78 is 0. The number of hydrogen-bond donors (Lipinski definition) is 0. The summed E-state index contributed by atoms with van der Waals surface area (Å²) in [5.74, 6) is 1.63. The Hall–Kier alpha value is -1.35. The Bertz CT molecular complexity index is 613. The van der Waals surface area contributed by atoms with E-state index in [0.717, 1.165) is 12.8 Å². The van der Waals surface area contributed by atoms with Crippen LogP contribution in [0.4, 0.5) is 0 Å². The highest BCUT2D eigenvalue weighted by molar-refractivity contribution is 8.03. The van der Waals surface area contributed by atoms with Gasteiger partial charge in [0.05, 0.1) is 5.70 Å². The van der Waals surface area contributed by atoms with Gasteiger partial charge in [-0.2, -0.15) is 0 Å². The van der Waals surface area contributed by atoms with Gasteiger partial charge in [-0.25, -0.2) is 0 Å². The fourth-order valence-corrected chi connectivity index (χ4v) is 4.62. The Balaban J connectivity index is 1.87. The predicted molar refractivity (Wildman–Crippen MR) is 85.1 cm³/mol. The summed E-state index contributed by atoms with van der Waals surface area (Å²) in [5.41, 5.74) is 5.47. The minimum Gasteiger partial charge on any atom is -0.264 e. The summed E-state index contributed by atoms with van der Waals surface area (Å²) in [5, 5.41) is 0. The van der Waals surface area contributed by atoms with Crippen LogP contribution in [0.25, 0.3) is 0 Å². The smallest absolute Gasteiger partial charge is 0.0511 e. The molecule has 3 heterocycles. The molecule has 2 aliphatic heterocycles. The molecular weight excluding hydrogens is 264 g/mol. The van der Waals surface area contributed by atoms with E-state index in [1.54, 1.807) is 0 Å². The fourth-order valence-electron chi connectivity index (χ4n) is 3.37. The quantitative estimate of drug-likeness (QED) is 0.759. The molecule has 0 aromatic carbocycles. The molecule has 3 aliphatic rings. The lowest BCUT2D eigenvalue weighted by Gasteiger charge is -2.34. The number of allylic oxidation sites excluding steroid dienone is 4. The van der Waals surface area contributed by atoms with Crippen molar-refractivity contribution < 1.29 is 0 Å². The fraction of sp³-hybridized carbons (Fsp3) is 0.412. The van der Waals surface area contributed by atoms with Gasteiger partial charge in [-0.05, 0) is 55.1 Å². The van der Waals surface area contributed by atoms with Gasteiger partial charge in [0.15, 0.2) is 0 Å². The van der Waals surface area contributed by atoms with E-state index in [2.05, 4.69) is 23.2 Å². The highest BCUT2D eigenvalue weighted by atomic mass is 32.2. The molecule has 1 unspecified atom stereocenters. The highest BCUT2D eigenvalue weighted by Gasteiger charge is 2.33. The monoisotopic (exact) mass is 282 g/mol. The highest BCUT2D eigenvalue weighted by Crippen LogP contribution is 2.48. The molecule has 102 valence electrons. The van der Waals surface area contributed by atoms with E-state index in [1.807, 2.05) is 24.2 Å². The van der Waals surface area contributed by atoms with Gasteiger partial charge in [-0.1, -0.05) is 12.1 Å². The van der Waals surface area contributed by atoms with Crippen molar-refractivity contribution in [1.82, 2.24) is 4.98 Å². The zero-order valence-electron chi connectivity index (χ0n) is 11.5. The normalized spacial score (nSPS) is 25.5. The van der Waals surface area contributed by atoms with Crippen LogP contribution in [0, 0.1) is 0 Å². The third-order valence-corrected chi connectivity index (χ3v) is 5.55. The van der Waals surface area contributed by atoms with Crippen LogP contribution in [0.1, 0.15) is 43.6 Å². The molecule has 2 nitrogen and oxygen atoms in total. The maximum atomic E-state index is 4.99. The molecule has 0 saturated carbocycles. The van der Waals surface area contributed by atoms with Crippen molar-refractivity contribution in [1.29, 1.82) is 0 Å². The third kappa shape index (κ3) is 2.05. The summed E-state index contributed by atoms with van der Waals surface area (Å²) in [6, 6.07) is 4.27. The molecule has 0 radical (unpaired) electrons. The van der Waals surface area contributed by atoms with Gasteiger partial charge < -0.3 is 0 Å². The van der Waals surface area contributed by atoms with Gasteiger partial charge in [-0.3, -0.25) is 9.98 Å². The first-order valence-electron chi connectivity index (χ1n) is 7.47. The second kappa shape index (κ2) is 5.21. The van der Waals surface area contributed by atoms with Crippen molar-refractivity contribution in [3.8, 4) is 0 Å². The van der Waals surface area contributed by atoms with Gasteiger partial charge in [0.2, 0.25) is 0 Å². The maximum Gasteiger partial charge on any atom is 0.0511 e. The maximum absolute atomic E-state index is 4.99. The van der Waals surface area contributed by atoms with Crippen LogP contribution in [0.5, 0.6) is 0 Å². The standard InChI is InChI=1S/C17H18N2S/c1-2-7-14-13(6-1)16(12-5-3-9-18-11-12)17-15(19-14)8-4-10-20-17/h3,5-6,9,11,16H,1-2,4,7-8,10H2. The van der Waals surface area contributed by atoms with E-state index in [0.29, 0.717) is 5.92 Å². The van der Waals surface area contributed by atoms with Crippen molar-refractivity contribution in [2.24, 2.45) is 4.99 Å². The molecule has 1 aromatic heterocycles. The number of rotatable bonds is 1. The van der Waals surface area contributed by atoms with E-state index in [-0.39, 0.29) is 0 Å². The molecule has 0 N–H and O–H groups in total. The molecule has 1 aliphatic carbocycles. The summed E-state index contributed by atoms with van der Waals surface area (Å²) in [4.78, 5) is 10.8. The average molecular weight is 282 g/mol. The second-order valence-electron chi connectivity index (χ2n) is 5.59. The van der Waals surface area contributed by atoms with Crippen LogP contribution in [0.15, 0.2) is 51.8 Å². The van der Waals surface area contributed by atoms with Crippen LogP contribution in [0.3, 0.4) is 0 Å². The molecule has 0 spiro atoms. The molecule has 0 amide bonds. The van der Waals surface area contributed by atoms with Gasteiger partial charge in [-0.15, -0.1) is 11.8 Å². The summed E-state index contributed by atoms with van der Waals surface area (Å²) in [7, 11) is 0. The van der Waals surface area contributed by atoms with Crippen LogP contribution in [-0.2, 0) is 0 Å². The molecule has 0 bridgehead atoms. The van der Waals surface area contributed by atoms with E-state index >= 15 is 0 Å². The lowest BCUT2D eigenvalue weighted by Crippen LogP contribution is -2.22. The van der Waals surface area contributed by atoms with E-state index in [9.17, 15) is 0 Å². The topological polar surface area (TPSA) is 25.2 Å². The Morgan fingerprint density at radius 3 is 3.10 bits per heavy atom. The first-order valence-corrected chi connectivity index (χ1v) is 8.46. The van der Waals surface area contributed by atoms with E-state index in [1.165, 1.54) is 52.5 Å². The largest absolute Gasteiger partial charge is 0.264 e. The minimum atomic E-state index is 0.400. The first-order chi connectivity index (χ1) is 9.93. The van der Waals surface area contributed by atoms with Crippen LogP contribution in [0.2, 0.25) is 0 Å². The average Bonchev–Trinajstić information content (AvgIpc) is 2.53. The Labute approximate surface area is 124 Å². The molecule has 20 heavy (non-hydrogen) atoms. The molecule has 3 heteroatoms. The van der Waals surface area contributed by atoms with Gasteiger partial charge >= 0.3 is 0 Å². The Kier molecular flexibility index (Phi) is 3.23. The number of pyridine rings is 1. The van der Waals surface area contributed by atoms with Gasteiger partial charge in [0.25, 0.3) is 0 Å². The van der Waals surface area contributed by atoms with Crippen molar-refractivity contribution in [3.63, 3.8) is 0 Å². The molecule has 4 rings (SSSR count). The molecule has 0 fully saturated rings. The number of hydrogen-bond acceptors (Lipinski definition) is 3. The summed E-state index contributed by atoms with van der Waals surface area (Å²) in [6.07, 6.45) is 12.3. The minimum absolute atomic E-state index is 0.400. The summed E-state index contributed by atoms with van der Waals surface area (Å²) in [6.45, 7) is 0. The number of thioether (sulfide) groups is 1. The van der Waals surface area contributed by atoms with Crippen LogP contribution in [-0.4, -0.2) is 16.4 Å². The Morgan fingerprint density at radius 2 is 2.20 bits per heavy atom. The third-order valence-electron chi connectivity index (χ3n) is 4.28. The van der Waals surface area contributed by atoms with Crippen LogP contribution < -0.4 is 0 Å². The molecule has 1 aromatic rings. The molecule has 0 saturated heterocycles. The van der Waals surface area contributed by atoms with Crippen LogP contribution >= 0.6 is 11.8 Å². The van der Waals surface area contributed by atoms with Gasteiger partial charge in [0, 0.05) is 28.9 Å². The van der Waals surface area contributed by atoms with Crippen molar-refractivity contribution in [2.45, 2.75) is 38.0 Å². The number of nitrogens with zero attached hydrogens (tertiary/aromatic N) is 2. The van der Waals surface area contributed by atoms with Gasteiger partial charge in [0.1, 0.15) is 0 Å². The first kappa shape index (κ1) is 12.4. The predicted octanol–water partition coefficient (Wildman–Crippen LogP) is 4.47. The number of aliphatic imine (C=N–C) groups is 1. The lowest BCUT2D eigenvalue weighted by molar-refractivity contribution is 0.791. The molecule has 1 atom stereocenters. The molecular formula is C17H18N2S. The number of aromatic nitrogens is 1. The SMILES string of the molecule is C1=C2C(=NC3=C(SCCC3)C2c2cccnc2)CCC1. The zero-order valence-corrected chi connectivity index (χ0v) is 12.3. The van der Waals surface area contributed by atoms with Crippen molar-refractivity contribution in [2.75, 3.05) is 5.75 Å². The van der Waals surface area contributed by atoms with Crippen molar-refractivity contribution >= 4 is 17.5 Å². The Morgan fingerprint density at radius 1 is 1.20 bits per heavy atom. The zero-order chi connectivity index (χ0) is 13.4. The lowest BCUT2D eigenvalue weighted by atomic mass is 9.81. The van der Waals surface area contributed by atoms with E-state index in [4.69, 9.17) is 4.99 Å². The number of fused-ring (bicyclic) bond motifs is 1. The van der Waals surface area contributed by atoms with Crippen molar-refractivity contribution in [3.05, 3.63) is 52.3 Å². The second-order valence-corrected chi connectivity index (χ2v) is 6.73.